The van der Waals surface area contributed by atoms with Crippen LogP contribution < -0.4 is 10.2 Å². The van der Waals surface area contributed by atoms with Crippen LogP contribution in [0.2, 0.25) is 0 Å². The monoisotopic (exact) mass is 324 g/mol. The van der Waals surface area contributed by atoms with Crippen molar-refractivity contribution in [3.63, 3.8) is 0 Å². The predicted octanol–water partition coefficient (Wildman–Crippen LogP) is 2.54. The van der Waals surface area contributed by atoms with E-state index >= 15 is 0 Å². The third-order valence-corrected chi connectivity index (χ3v) is 5.65. The summed E-state index contributed by atoms with van der Waals surface area (Å²) in [5.74, 6) is 0.113. The van der Waals surface area contributed by atoms with Crippen LogP contribution in [0.15, 0.2) is 36.7 Å². The summed E-state index contributed by atoms with van der Waals surface area (Å²) in [4.78, 5) is 15.3. The molecule has 4 rings (SSSR count). The van der Waals surface area contributed by atoms with Crippen LogP contribution in [0.5, 0.6) is 0 Å². The minimum absolute atomic E-state index is 0.113. The van der Waals surface area contributed by atoms with Crippen LogP contribution in [0.25, 0.3) is 0 Å². The van der Waals surface area contributed by atoms with Gasteiger partial charge in [0, 0.05) is 36.5 Å². The van der Waals surface area contributed by atoms with E-state index < -0.39 is 0 Å². The molecule has 1 unspecified atom stereocenters. The van der Waals surface area contributed by atoms with Crippen molar-refractivity contribution in [2.45, 2.75) is 37.1 Å². The number of fused-ring (bicyclic) bond motifs is 2. The second-order valence-electron chi connectivity index (χ2n) is 7.10. The lowest BCUT2D eigenvalue weighted by atomic mass is 9.81. The highest BCUT2D eigenvalue weighted by Gasteiger charge is 2.47. The molecule has 5 heteroatoms. The van der Waals surface area contributed by atoms with E-state index in [2.05, 4.69) is 28.6 Å². The Hall–Kier alpha value is -2.14. The van der Waals surface area contributed by atoms with Crippen LogP contribution in [-0.4, -0.2) is 29.3 Å². The number of carbonyl (C=O) groups excluding carboxylic acids is 1. The van der Waals surface area contributed by atoms with Gasteiger partial charge in [-0.2, -0.15) is 5.10 Å². The molecule has 1 N–H and O–H groups in total. The third kappa shape index (κ3) is 2.26. The number of rotatable bonds is 3. The van der Waals surface area contributed by atoms with Gasteiger partial charge in [0.05, 0.1) is 6.20 Å². The van der Waals surface area contributed by atoms with Crippen molar-refractivity contribution in [3.05, 3.63) is 47.8 Å². The number of anilines is 1. The number of hydrogen-bond donors (Lipinski definition) is 1. The van der Waals surface area contributed by atoms with Crippen molar-refractivity contribution in [2.24, 2.45) is 7.05 Å². The van der Waals surface area contributed by atoms with Crippen molar-refractivity contribution in [3.8, 4) is 0 Å². The Morgan fingerprint density at radius 2 is 2.04 bits per heavy atom. The Morgan fingerprint density at radius 3 is 2.71 bits per heavy atom. The summed E-state index contributed by atoms with van der Waals surface area (Å²) >= 11 is 0. The fraction of sp³-hybridized carbons (Fsp3) is 0.474. The second-order valence-corrected chi connectivity index (χ2v) is 7.10. The van der Waals surface area contributed by atoms with Gasteiger partial charge in [0.1, 0.15) is 6.04 Å². The highest BCUT2D eigenvalue weighted by molar-refractivity contribution is 6.00. The molecule has 1 aromatic heterocycles. The van der Waals surface area contributed by atoms with Gasteiger partial charge in [-0.15, -0.1) is 0 Å². The summed E-state index contributed by atoms with van der Waals surface area (Å²) in [5.41, 5.74) is 3.53. The standard InChI is InChI=1S/C19H24N4O/c1-20-17(14-11-21-22(2)12-14)18(24)23-13-19(9-5-6-10-19)15-7-3-4-8-16(15)23/h3-4,7-8,11-12,17,20H,5-6,9-10,13H2,1-2H3. The topological polar surface area (TPSA) is 50.2 Å². The molecule has 1 aliphatic heterocycles. The Labute approximate surface area is 142 Å². The molecular weight excluding hydrogens is 300 g/mol. The first kappa shape index (κ1) is 15.4. The van der Waals surface area contributed by atoms with E-state index in [-0.39, 0.29) is 17.4 Å². The van der Waals surface area contributed by atoms with E-state index in [4.69, 9.17) is 0 Å². The average Bonchev–Trinajstić information content (AvgIpc) is 3.30. The molecule has 1 saturated carbocycles. The molecule has 2 heterocycles. The predicted molar refractivity (Wildman–Crippen MR) is 93.9 cm³/mol. The molecule has 24 heavy (non-hydrogen) atoms. The van der Waals surface area contributed by atoms with Crippen LogP contribution in [-0.2, 0) is 17.3 Å². The number of nitrogens with one attached hydrogen (secondary N) is 1. The highest BCUT2D eigenvalue weighted by Crippen LogP contribution is 2.50. The van der Waals surface area contributed by atoms with Gasteiger partial charge in [0.2, 0.25) is 5.91 Å². The Kier molecular flexibility index (Phi) is 3.68. The number of aryl methyl sites for hydroxylation is 1. The summed E-state index contributed by atoms with van der Waals surface area (Å²) in [6, 6.07) is 8.08. The van der Waals surface area contributed by atoms with E-state index in [0.717, 1.165) is 17.8 Å². The molecule has 1 fully saturated rings. The SMILES string of the molecule is CNC(C(=O)N1CC2(CCCC2)c2ccccc21)c1cnn(C)c1. The van der Waals surface area contributed by atoms with Crippen molar-refractivity contribution < 1.29 is 4.79 Å². The van der Waals surface area contributed by atoms with Crippen LogP contribution in [0.4, 0.5) is 5.69 Å². The fourth-order valence-electron chi connectivity index (χ4n) is 4.48. The summed E-state index contributed by atoms with van der Waals surface area (Å²) in [6.45, 7) is 0.809. The maximum absolute atomic E-state index is 13.3. The molecule has 0 bridgehead atoms. The molecule has 1 aliphatic carbocycles. The summed E-state index contributed by atoms with van der Waals surface area (Å²) in [5, 5.41) is 7.39. The molecule has 1 aromatic carbocycles. The average molecular weight is 324 g/mol. The quantitative estimate of drug-likeness (QED) is 0.944. The summed E-state index contributed by atoms with van der Waals surface area (Å²) in [6.07, 6.45) is 8.57. The smallest absolute Gasteiger partial charge is 0.248 e. The zero-order valence-corrected chi connectivity index (χ0v) is 14.3. The second kappa shape index (κ2) is 5.74. The zero-order valence-electron chi connectivity index (χ0n) is 14.3. The molecule has 2 aromatic rings. The molecule has 1 amide bonds. The zero-order chi connectivity index (χ0) is 16.7. The molecule has 1 atom stereocenters. The van der Waals surface area contributed by atoms with Crippen molar-refractivity contribution >= 4 is 11.6 Å². The van der Waals surface area contributed by atoms with Gasteiger partial charge in [-0.1, -0.05) is 31.0 Å². The minimum atomic E-state index is -0.358. The van der Waals surface area contributed by atoms with Gasteiger partial charge >= 0.3 is 0 Å². The summed E-state index contributed by atoms with van der Waals surface area (Å²) < 4.78 is 1.74. The maximum Gasteiger partial charge on any atom is 0.248 e. The maximum atomic E-state index is 13.3. The Bertz CT molecular complexity index is 760. The van der Waals surface area contributed by atoms with Gasteiger partial charge in [0.15, 0.2) is 0 Å². The largest absolute Gasteiger partial charge is 0.310 e. The number of hydrogen-bond acceptors (Lipinski definition) is 3. The third-order valence-electron chi connectivity index (χ3n) is 5.65. The highest BCUT2D eigenvalue weighted by atomic mass is 16.2. The Morgan fingerprint density at radius 1 is 1.29 bits per heavy atom. The number of nitrogens with zero attached hydrogens (tertiary/aromatic N) is 3. The van der Waals surface area contributed by atoms with E-state index in [0.29, 0.717) is 0 Å². The minimum Gasteiger partial charge on any atom is -0.310 e. The fourth-order valence-corrected chi connectivity index (χ4v) is 4.48. The van der Waals surface area contributed by atoms with E-state index in [9.17, 15) is 4.79 Å². The van der Waals surface area contributed by atoms with Crippen LogP contribution in [0.1, 0.15) is 42.9 Å². The van der Waals surface area contributed by atoms with Gasteiger partial charge in [-0.25, -0.2) is 0 Å². The van der Waals surface area contributed by atoms with Gasteiger partial charge in [0.25, 0.3) is 0 Å². The molecule has 0 radical (unpaired) electrons. The van der Waals surface area contributed by atoms with Gasteiger partial charge < -0.3 is 10.2 Å². The lowest BCUT2D eigenvalue weighted by molar-refractivity contribution is -0.120. The van der Waals surface area contributed by atoms with Gasteiger partial charge in [-0.05, 0) is 31.5 Å². The van der Waals surface area contributed by atoms with Crippen molar-refractivity contribution in [1.29, 1.82) is 0 Å². The lowest BCUT2D eigenvalue weighted by Gasteiger charge is -2.27. The van der Waals surface area contributed by atoms with E-state index in [1.807, 2.05) is 31.3 Å². The van der Waals surface area contributed by atoms with Crippen molar-refractivity contribution in [1.82, 2.24) is 15.1 Å². The number of para-hydroxylation sites is 1. The van der Waals surface area contributed by atoms with Crippen molar-refractivity contribution in [2.75, 3.05) is 18.5 Å². The number of benzene rings is 1. The van der Waals surface area contributed by atoms with Gasteiger partial charge in [-0.3, -0.25) is 9.48 Å². The van der Waals surface area contributed by atoms with E-state index in [1.54, 1.807) is 10.9 Å². The number of carbonyl (C=O) groups is 1. The molecule has 1 spiro atoms. The van der Waals surface area contributed by atoms with Crippen LogP contribution in [0.3, 0.4) is 0 Å². The Balaban J connectivity index is 1.70. The molecule has 2 aliphatic rings. The molecular formula is C19H24N4O. The molecule has 5 nitrogen and oxygen atoms in total. The first-order chi connectivity index (χ1) is 11.6. The first-order valence-corrected chi connectivity index (χ1v) is 8.71. The molecule has 0 saturated heterocycles. The number of aromatic nitrogens is 2. The van der Waals surface area contributed by atoms with Crippen LogP contribution in [0, 0.1) is 0 Å². The summed E-state index contributed by atoms with van der Waals surface area (Å²) in [7, 11) is 3.71. The lowest BCUT2D eigenvalue weighted by Crippen LogP contribution is -2.41. The van der Waals surface area contributed by atoms with E-state index in [1.165, 1.54) is 31.2 Å². The number of amides is 1. The molecule has 126 valence electrons. The normalized spacial score (nSPS) is 19.7. The number of likely N-dealkylation sites (N-methyl/N-ethyl adjacent to an activating group) is 1. The first-order valence-electron chi connectivity index (χ1n) is 8.71. The van der Waals surface area contributed by atoms with Crippen LogP contribution >= 0.6 is 0 Å².